The molecule has 1 heterocycles. The van der Waals surface area contributed by atoms with Crippen molar-refractivity contribution in [2.75, 3.05) is 7.11 Å². The molecule has 1 aliphatic heterocycles. The van der Waals surface area contributed by atoms with Gasteiger partial charge in [0, 0.05) is 5.02 Å². The first-order valence-electron chi connectivity index (χ1n) is 10.3. The van der Waals surface area contributed by atoms with Gasteiger partial charge in [-0.3, -0.25) is 9.59 Å². The molecule has 4 atom stereocenters. The maximum Gasteiger partial charge on any atom is 0.254 e. The molecule has 8 heteroatoms. The summed E-state index contributed by atoms with van der Waals surface area (Å²) in [6, 6.07) is 11.1. The molecule has 2 aromatic carbocycles. The third-order valence-electron chi connectivity index (χ3n) is 6.32. The minimum atomic E-state index is -0.257. The predicted octanol–water partition coefficient (Wildman–Crippen LogP) is 4.67. The van der Waals surface area contributed by atoms with Gasteiger partial charge in [0.15, 0.2) is 11.5 Å². The molecular formula is C24H20ClIN2O4. The molecule has 2 amide bonds. The highest BCUT2D eigenvalue weighted by atomic mass is 127. The third-order valence-corrected chi connectivity index (χ3v) is 7.37. The van der Waals surface area contributed by atoms with Crippen molar-refractivity contribution >= 4 is 52.2 Å². The van der Waals surface area contributed by atoms with Gasteiger partial charge in [0.1, 0.15) is 6.61 Å². The van der Waals surface area contributed by atoms with Crippen molar-refractivity contribution in [2.45, 2.75) is 13.0 Å². The Morgan fingerprint density at radius 3 is 2.41 bits per heavy atom. The van der Waals surface area contributed by atoms with Gasteiger partial charge in [-0.25, -0.2) is 0 Å². The zero-order valence-corrected chi connectivity index (χ0v) is 20.1. The van der Waals surface area contributed by atoms with Gasteiger partial charge in [0.25, 0.3) is 11.8 Å². The highest BCUT2D eigenvalue weighted by molar-refractivity contribution is 14.1. The highest BCUT2D eigenvalue weighted by Crippen LogP contribution is 2.52. The first-order valence-corrected chi connectivity index (χ1v) is 11.8. The van der Waals surface area contributed by atoms with Crippen LogP contribution >= 0.6 is 34.2 Å². The number of carbonyl (C=O) groups excluding carboxylic acids is 2. The van der Waals surface area contributed by atoms with Crippen molar-refractivity contribution in [1.82, 2.24) is 5.01 Å². The molecule has 0 unspecified atom stereocenters. The van der Waals surface area contributed by atoms with Crippen LogP contribution in [0.2, 0.25) is 5.02 Å². The van der Waals surface area contributed by atoms with E-state index in [-0.39, 0.29) is 35.5 Å². The number of ether oxygens (including phenoxy) is 2. The van der Waals surface area contributed by atoms with Gasteiger partial charge in [-0.05, 0) is 76.2 Å². The number of hydrogen-bond donors (Lipinski definition) is 0. The lowest BCUT2D eigenvalue weighted by Crippen LogP contribution is -2.28. The van der Waals surface area contributed by atoms with Crippen molar-refractivity contribution in [3.05, 3.63) is 68.3 Å². The largest absolute Gasteiger partial charge is 0.493 e. The normalized spacial score (nSPS) is 25.8. The molecule has 2 bridgehead atoms. The van der Waals surface area contributed by atoms with E-state index in [0.29, 0.717) is 28.7 Å². The summed E-state index contributed by atoms with van der Waals surface area (Å²) in [5, 5.41) is 5.97. The second-order valence-electron chi connectivity index (χ2n) is 8.18. The fraction of sp³-hybridized carbons (Fsp3) is 0.292. The number of allylic oxidation sites excluding steroid dienone is 2. The standard InChI is InChI=1S/C24H20ClIN2O4/c1-31-19-9-14(8-18(26)22(19)32-12-13-2-6-17(25)7-3-13)11-27-28-23(29)20-15-4-5-16(10-15)21(20)24(28)30/h2-9,11,15-16,20-21H,10,12H2,1H3/b27-11-/t15-,16-,20+,21+/m0/s1. The van der Waals surface area contributed by atoms with Crippen molar-refractivity contribution < 1.29 is 19.1 Å². The molecule has 5 rings (SSSR count). The number of methoxy groups -OCH3 is 1. The summed E-state index contributed by atoms with van der Waals surface area (Å²) in [6.45, 7) is 0.368. The molecule has 2 aliphatic carbocycles. The van der Waals surface area contributed by atoms with Crippen LogP contribution in [0, 0.1) is 27.2 Å². The highest BCUT2D eigenvalue weighted by Gasteiger charge is 2.59. The number of hydrazone groups is 1. The van der Waals surface area contributed by atoms with Crippen LogP contribution in [0.25, 0.3) is 0 Å². The lowest BCUT2D eigenvalue weighted by Gasteiger charge is -2.14. The van der Waals surface area contributed by atoms with E-state index < -0.39 is 0 Å². The van der Waals surface area contributed by atoms with Crippen LogP contribution in [-0.4, -0.2) is 30.1 Å². The number of imide groups is 1. The van der Waals surface area contributed by atoms with E-state index in [9.17, 15) is 9.59 Å². The van der Waals surface area contributed by atoms with E-state index in [2.05, 4.69) is 39.8 Å². The minimum absolute atomic E-state index is 0.166. The summed E-state index contributed by atoms with van der Waals surface area (Å²) < 4.78 is 12.3. The summed E-state index contributed by atoms with van der Waals surface area (Å²) in [5.41, 5.74) is 1.70. The second-order valence-corrected chi connectivity index (χ2v) is 9.78. The fourth-order valence-corrected chi connectivity index (χ4v) is 5.72. The van der Waals surface area contributed by atoms with Crippen LogP contribution in [0.15, 0.2) is 53.7 Å². The Morgan fingerprint density at radius 2 is 1.78 bits per heavy atom. The number of halogens is 2. The summed E-state index contributed by atoms with van der Waals surface area (Å²) in [6.07, 6.45) is 6.57. The van der Waals surface area contributed by atoms with E-state index in [4.69, 9.17) is 21.1 Å². The maximum absolute atomic E-state index is 12.8. The van der Waals surface area contributed by atoms with Gasteiger partial charge in [-0.1, -0.05) is 35.9 Å². The SMILES string of the molecule is COc1cc(/C=N\N2C(=O)[C@H]3[C@H](C2=O)[C@H]2C=C[C@H]3C2)cc(I)c1OCc1ccc(Cl)cc1. The first-order chi connectivity index (χ1) is 15.5. The van der Waals surface area contributed by atoms with Gasteiger partial charge < -0.3 is 9.47 Å². The second kappa shape index (κ2) is 8.51. The summed E-state index contributed by atoms with van der Waals surface area (Å²) >= 11 is 8.11. The molecule has 164 valence electrons. The lowest BCUT2D eigenvalue weighted by atomic mass is 9.85. The van der Waals surface area contributed by atoms with Crippen LogP contribution in [0.3, 0.4) is 0 Å². The molecule has 6 nitrogen and oxygen atoms in total. The quantitative estimate of drug-likeness (QED) is 0.222. The number of carbonyl (C=O) groups is 2. The van der Waals surface area contributed by atoms with E-state index >= 15 is 0 Å². The molecule has 1 saturated heterocycles. The Hall–Kier alpha value is -2.39. The van der Waals surface area contributed by atoms with Crippen molar-refractivity contribution in [3.63, 3.8) is 0 Å². The number of hydrogen-bond acceptors (Lipinski definition) is 5. The molecule has 1 saturated carbocycles. The molecule has 0 spiro atoms. The van der Waals surface area contributed by atoms with Crippen LogP contribution in [-0.2, 0) is 16.2 Å². The Labute approximate surface area is 204 Å². The summed E-state index contributed by atoms with van der Waals surface area (Å²) in [4.78, 5) is 25.6. The molecule has 2 aromatic rings. The predicted molar refractivity (Wildman–Crippen MR) is 129 cm³/mol. The summed E-state index contributed by atoms with van der Waals surface area (Å²) in [7, 11) is 1.57. The van der Waals surface area contributed by atoms with Crippen molar-refractivity contribution in [2.24, 2.45) is 28.8 Å². The lowest BCUT2D eigenvalue weighted by molar-refractivity contribution is -0.140. The number of nitrogens with zero attached hydrogens (tertiary/aromatic N) is 2. The number of amides is 2. The van der Waals surface area contributed by atoms with E-state index in [0.717, 1.165) is 20.6 Å². The number of rotatable bonds is 6. The van der Waals surface area contributed by atoms with Gasteiger partial charge in [0.2, 0.25) is 0 Å². The average Bonchev–Trinajstić information content (AvgIpc) is 3.46. The van der Waals surface area contributed by atoms with E-state index in [1.165, 1.54) is 6.21 Å². The maximum atomic E-state index is 12.8. The van der Waals surface area contributed by atoms with Crippen molar-refractivity contribution in [1.29, 1.82) is 0 Å². The molecule has 2 fully saturated rings. The fourth-order valence-electron chi connectivity index (χ4n) is 4.82. The third kappa shape index (κ3) is 3.71. The zero-order valence-electron chi connectivity index (χ0n) is 17.2. The average molecular weight is 563 g/mol. The zero-order chi connectivity index (χ0) is 22.4. The van der Waals surface area contributed by atoms with Gasteiger partial charge in [-0.15, -0.1) is 0 Å². The van der Waals surface area contributed by atoms with Crippen LogP contribution in [0.4, 0.5) is 0 Å². The van der Waals surface area contributed by atoms with Gasteiger partial charge >= 0.3 is 0 Å². The Bertz CT molecular complexity index is 1120. The van der Waals surface area contributed by atoms with Gasteiger partial charge in [0.05, 0.1) is 28.7 Å². The van der Waals surface area contributed by atoms with E-state index in [1.54, 1.807) is 13.2 Å². The van der Waals surface area contributed by atoms with Crippen LogP contribution in [0.1, 0.15) is 17.5 Å². The smallest absolute Gasteiger partial charge is 0.254 e. The molecule has 0 radical (unpaired) electrons. The summed E-state index contributed by atoms with van der Waals surface area (Å²) in [5.74, 6) is 0.590. The van der Waals surface area contributed by atoms with Gasteiger partial charge in [-0.2, -0.15) is 10.1 Å². The Morgan fingerprint density at radius 1 is 1.12 bits per heavy atom. The topological polar surface area (TPSA) is 68.2 Å². The molecule has 32 heavy (non-hydrogen) atoms. The first kappa shape index (κ1) is 21.5. The number of benzene rings is 2. The molecule has 0 aromatic heterocycles. The van der Waals surface area contributed by atoms with Crippen LogP contribution in [0.5, 0.6) is 11.5 Å². The van der Waals surface area contributed by atoms with E-state index in [1.807, 2.05) is 30.3 Å². The Kier molecular flexibility index (Phi) is 5.71. The van der Waals surface area contributed by atoms with Crippen LogP contribution < -0.4 is 9.47 Å². The molecule has 0 N–H and O–H groups in total. The molecule has 3 aliphatic rings. The number of fused-ring (bicyclic) bond motifs is 5. The minimum Gasteiger partial charge on any atom is -0.493 e. The molecular weight excluding hydrogens is 543 g/mol. The van der Waals surface area contributed by atoms with Crippen molar-refractivity contribution in [3.8, 4) is 11.5 Å². The Balaban J connectivity index is 1.33. The monoisotopic (exact) mass is 562 g/mol.